The number of rotatable bonds is 4. The maximum atomic E-state index is 10.7. The molecule has 0 aliphatic rings. The van der Waals surface area contributed by atoms with Crippen LogP contribution in [0.15, 0.2) is 30.3 Å². The zero-order valence-electron chi connectivity index (χ0n) is 10.8. The molecule has 0 radical (unpaired) electrons. The molecule has 0 spiro atoms. The fourth-order valence-corrected chi connectivity index (χ4v) is 3.32. The normalized spacial score (nSPS) is 12.4. The van der Waals surface area contributed by atoms with Gasteiger partial charge in [-0.1, -0.05) is 30.7 Å². The van der Waals surface area contributed by atoms with E-state index in [9.17, 15) is 4.79 Å². The number of hydrogen-bond acceptors (Lipinski definition) is 2. The Morgan fingerprint density at radius 2 is 2.11 bits per heavy atom. The lowest BCUT2D eigenvalue weighted by atomic mass is 10.1. The first-order valence-electron chi connectivity index (χ1n) is 6.06. The van der Waals surface area contributed by atoms with Gasteiger partial charge >= 0.3 is 5.97 Å². The van der Waals surface area contributed by atoms with Crippen molar-refractivity contribution in [3.63, 3.8) is 0 Å². The number of carboxylic acids is 1. The maximum Gasteiger partial charge on any atom is 0.303 e. The number of carbonyl (C=O) groups is 1. The van der Waals surface area contributed by atoms with Crippen LogP contribution in [0.25, 0.3) is 10.4 Å². The summed E-state index contributed by atoms with van der Waals surface area (Å²) in [6.07, 6.45) is 0.161. The minimum atomic E-state index is -0.763. The Bertz CT molecular complexity index is 604. The average Bonchev–Trinajstić information content (AvgIpc) is 2.81. The molecule has 1 aromatic carbocycles. The third-order valence-corrected chi connectivity index (χ3v) is 4.89. The van der Waals surface area contributed by atoms with Gasteiger partial charge in [-0.3, -0.25) is 4.79 Å². The van der Waals surface area contributed by atoms with Crippen LogP contribution in [0.5, 0.6) is 0 Å². The topological polar surface area (TPSA) is 37.3 Å². The lowest BCUT2D eigenvalue weighted by Crippen LogP contribution is -2.00. The Labute approximate surface area is 121 Å². The summed E-state index contributed by atoms with van der Waals surface area (Å²) < 4.78 is 0. The van der Waals surface area contributed by atoms with Crippen molar-refractivity contribution in [2.24, 2.45) is 0 Å². The van der Waals surface area contributed by atoms with Gasteiger partial charge in [-0.25, -0.2) is 0 Å². The van der Waals surface area contributed by atoms with Crippen molar-refractivity contribution in [3.8, 4) is 10.4 Å². The van der Waals surface area contributed by atoms with E-state index in [2.05, 4.69) is 0 Å². The number of thiophene rings is 1. The molecule has 2 aromatic rings. The third-order valence-electron chi connectivity index (χ3n) is 3.13. The Kier molecular flexibility index (Phi) is 4.27. The van der Waals surface area contributed by atoms with Gasteiger partial charge in [0.2, 0.25) is 0 Å². The van der Waals surface area contributed by atoms with E-state index in [0.717, 1.165) is 25.9 Å². The van der Waals surface area contributed by atoms with Gasteiger partial charge in [0, 0.05) is 20.7 Å². The summed E-state index contributed by atoms with van der Waals surface area (Å²) in [5, 5.41) is 9.59. The van der Waals surface area contributed by atoms with Crippen molar-refractivity contribution in [2.45, 2.75) is 26.2 Å². The molecule has 0 fully saturated rings. The van der Waals surface area contributed by atoms with Crippen LogP contribution >= 0.6 is 22.9 Å². The first-order chi connectivity index (χ1) is 8.99. The van der Waals surface area contributed by atoms with E-state index in [0.29, 0.717) is 0 Å². The van der Waals surface area contributed by atoms with Crippen molar-refractivity contribution in [1.29, 1.82) is 0 Å². The predicted molar refractivity (Wildman–Crippen MR) is 80.2 cm³/mol. The van der Waals surface area contributed by atoms with E-state index < -0.39 is 5.97 Å². The molecule has 1 unspecified atom stereocenters. The minimum absolute atomic E-state index is 0.0377. The molecule has 1 aromatic heterocycles. The summed E-state index contributed by atoms with van der Waals surface area (Å²) in [5.74, 6) is -0.725. The molecule has 0 amide bonds. The van der Waals surface area contributed by atoms with Gasteiger partial charge in [-0.05, 0) is 36.2 Å². The summed E-state index contributed by atoms with van der Waals surface area (Å²) >= 11 is 7.77. The molecule has 2 nitrogen and oxygen atoms in total. The van der Waals surface area contributed by atoms with Gasteiger partial charge < -0.3 is 5.11 Å². The van der Waals surface area contributed by atoms with Crippen LogP contribution in [0.3, 0.4) is 0 Å². The smallest absolute Gasteiger partial charge is 0.303 e. The molecule has 0 aliphatic heterocycles. The molecule has 0 saturated heterocycles. The standard InChI is InChI=1S/C15H15ClO2S/c1-9(8-15(17)18)13-6-7-14(19-13)11-4-3-5-12(16)10(11)2/h3-7,9H,8H2,1-2H3,(H,17,18). The number of hydrogen-bond donors (Lipinski definition) is 1. The quantitative estimate of drug-likeness (QED) is 0.866. The van der Waals surface area contributed by atoms with Gasteiger partial charge in [0.1, 0.15) is 0 Å². The van der Waals surface area contributed by atoms with Crippen LogP contribution < -0.4 is 0 Å². The molecule has 0 bridgehead atoms. The minimum Gasteiger partial charge on any atom is -0.481 e. The van der Waals surface area contributed by atoms with Crippen LogP contribution in [0.2, 0.25) is 5.02 Å². The van der Waals surface area contributed by atoms with Crippen molar-refractivity contribution < 1.29 is 9.90 Å². The van der Waals surface area contributed by atoms with Crippen molar-refractivity contribution in [1.82, 2.24) is 0 Å². The fraction of sp³-hybridized carbons (Fsp3) is 0.267. The highest BCUT2D eigenvalue weighted by Crippen LogP contribution is 2.36. The molecular formula is C15H15ClO2S. The number of benzene rings is 1. The average molecular weight is 295 g/mol. The van der Waals surface area contributed by atoms with Crippen LogP contribution in [0.4, 0.5) is 0 Å². The van der Waals surface area contributed by atoms with Crippen LogP contribution in [-0.4, -0.2) is 11.1 Å². The predicted octanol–water partition coefficient (Wildman–Crippen LogP) is 4.96. The van der Waals surface area contributed by atoms with Crippen molar-refractivity contribution in [2.75, 3.05) is 0 Å². The summed E-state index contributed by atoms with van der Waals surface area (Å²) in [6.45, 7) is 3.94. The largest absolute Gasteiger partial charge is 0.481 e. The number of halogens is 1. The molecule has 100 valence electrons. The highest BCUT2D eigenvalue weighted by atomic mass is 35.5. The van der Waals surface area contributed by atoms with Crippen molar-refractivity contribution in [3.05, 3.63) is 45.8 Å². The summed E-state index contributed by atoms with van der Waals surface area (Å²) in [6, 6.07) is 9.90. The second-order valence-corrected chi connectivity index (χ2v) is 6.14. The molecule has 1 heterocycles. The summed E-state index contributed by atoms with van der Waals surface area (Å²) in [4.78, 5) is 13.0. The van der Waals surface area contributed by atoms with Crippen molar-refractivity contribution >= 4 is 28.9 Å². The van der Waals surface area contributed by atoms with Crippen LogP contribution in [0.1, 0.15) is 29.7 Å². The molecule has 1 N–H and O–H groups in total. The SMILES string of the molecule is Cc1c(Cl)cccc1-c1ccc(C(C)CC(=O)O)s1. The summed E-state index contributed by atoms with van der Waals surface area (Å²) in [5.41, 5.74) is 2.18. The maximum absolute atomic E-state index is 10.7. The Balaban J connectivity index is 2.30. The van der Waals surface area contributed by atoms with E-state index in [1.54, 1.807) is 11.3 Å². The van der Waals surface area contributed by atoms with Crippen LogP contribution in [-0.2, 0) is 4.79 Å². The summed E-state index contributed by atoms with van der Waals surface area (Å²) in [7, 11) is 0. The number of carboxylic acid groups (broad SMARTS) is 1. The highest BCUT2D eigenvalue weighted by molar-refractivity contribution is 7.15. The highest BCUT2D eigenvalue weighted by Gasteiger charge is 2.14. The Morgan fingerprint density at radius 3 is 2.79 bits per heavy atom. The van der Waals surface area contributed by atoms with E-state index in [-0.39, 0.29) is 12.3 Å². The van der Waals surface area contributed by atoms with Crippen LogP contribution in [0, 0.1) is 6.92 Å². The number of aliphatic carboxylic acids is 1. The molecule has 0 aliphatic carbocycles. The zero-order chi connectivity index (χ0) is 14.0. The Hall–Kier alpha value is -1.32. The first kappa shape index (κ1) is 14.1. The first-order valence-corrected chi connectivity index (χ1v) is 7.25. The lowest BCUT2D eigenvalue weighted by molar-refractivity contribution is -0.137. The second-order valence-electron chi connectivity index (χ2n) is 4.61. The molecule has 2 rings (SSSR count). The van der Waals surface area contributed by atoms with E-state index in [1.807, 2.05) is 44.2 Å². The molecule has 4 heteroatoms. The second kappa shape index (κ2) is 5.76. The third kappa shape index (κ3) is 3.17. The monoisotopic (exact) mass is 294 g/mol. The van der Waals surface area contributed by atoms with E-state index in [1.165, 1.54) is 0 Å². The molecular weight excluding hydrogens is 280 g/mol. The molecule has 0 saturated carbocycles. The van der Waals surface area contributed by atoms with E-state index in [4.69, 9.17) is 16.7 Å². The molecule has 19 heavy (non-hydrogen) atoms. The van der Waals surface area contributed by atoms with Gasteiger partial charge in [-0.15, -0.1) is 11.3 Å². The zero-order valence-corrected chi connectivity index (χ0v) is 12.4. The van der Waals surface area contributed by atoms with E-state index >= 15 is 0 Å². The Morgan fingerprint density at radius 1 is 1.37 bits per heavy atom. The van der Waals surface area contributed by atoms with Gasteiger partial charge in [0.25, 0.3) is 0 Å². The van der Waals surface area contributed by atoms with Gasteiger partial charge in [-0.2, -0.15) is 0 Å². The fourth-order valence-electron chi connectivity index (χ4n) is 2.00. The van der Waals surface area contributed by atoms with Gasteiger partial charge in [0.05, 0.1) is 6.42 Å². The lowest BCUT2D eigenvalue weighted by Gasteiger charge is -2.06. The van der Waals surface area contributed by atoms with Gasteiger partial charge in [0.15, 0.2) is 0 Å². The molecule has 1 atom stereocenters.